The summed E-state index contributed by atoms with van der Waals surface area (Å²) in [4.78, 5) is 16.6. The van der Waals surface area contributed by atoms with Crippen molar-refractivity contribution in [2.24, 2.45) is 5.41 Å². The molecule has 0 aliphatic heterocycles. The maximum absolute atomic E-state index is 11.8. The van der Waals surface area contributed by atoms with Crippen molar-refractivity contribution < 1.29 is 10.0 Å². The summed E-state index contributed by atoms with van der Waals surface area (Å²) in [6, 6.07) is 0. The lowest BCUT2D eigenvalue weighted by molar-refractivity contribution is -0.0139. The van der Waals surface area contributed by atoms with E-state index < -0.39 is 5.34 Å². The van der Waals surface area contributed by atoms with E-state index in [1.165, 1.54) is 11.3 Å². The van der Waals surface area contributed by atoms with E-state index in [1.54, 1.807) is 0 Å². The molecule has 0 radical (unpaired) electrons. The van der Waals surface area contributed by atoms with Gasteiger partial charge in [0.25, 0.3) is 0 Å². The average molecular weight is 242 g/mol. The third-order valence-electron chi connectivity index (χ3n) is 2.43. The van der Waals surface area contributed by atoms with Crippen molar-refractivity contribution in [1.82, 2.24) is 10.3 Å². The number of anilines is 1. The predicted molar refractivity (Wildman–Crippen MR) is 59.2 cm³/mol. The normalized spacial score (nSPS) is 18.7. The average Bonchev–Trinajstić information content (AvgIpc) is 2.43. The van der Waals surface area contributed by atoms with E-state index in [0.717, 1.165) is 11.3 Å². The lowest BCUT2D eigenvalue weighted by Crippen LogP contribution is -2.26. The number of thiazole rings is 1. The largest absolute Gasteiger partial charge is 0.744 e. The zero-order valence-corrected chi connectivity index (χ0v) is 9.80. The molecule has 0 aromatic carbocycles. The van der Waals surface area contributed by atoms with Crippen LogP contribution in [-0.4, -0.2) is 21.3 Å². The van der Waals surface area contributed by atoms with Crippen LogP contribution in [0, 0.1) is 10.6 Å². The number of rotatable bonds is 2. The number of hydrogen-bond acceptors (Lipinski definition) is 7. The van der Waals surface area contributed by atoms with Crippen LogP contribution in [0.1, 0.15) is 35.6 Å². The van der Waals surface area contributed by atoms with Crippen molar-refractivity contribution in [2.45, 2.75) is 26.7 Å². The molecule has 0 atom stereocenters. The minimum absolute atomic E-state index is 0.00839. The Hall–Kier alpha value is -1.02. The first-order valence-corrected chi connectivity index (χ1v) is 5.65. The van der Waals surface area contributed by atoms with Gasteiger partial charge in [-0.25, -0.2) is 4.98 Å². The van der Waals surface area contributed by atoms with Crippen LogP contribution in [0.3, 0.4) is 0 Å². The highest BCUT2D eigenvalue weighted by molar-refractivity contribution is 7.15. The Morgan fingerprint density at radius 1 is 1.56 bits per heavy atom. The molecule has 0 fully saturated rings. The summed E-state index contributed by atoms with van der Waals surface area (Å²) in [5.41, 5.74) is 2.46. The highest BCUT2D eigenvalue weighted by atomic mass is 32.1. The van der Waals surface area contributed by atoms with Crippen molar-refractivity contribution in [3.05, 3.63) is 15.8 Å². The number of carbonyl (C=O) groups excluding carboxylic acids is 1. The standard InChI is InChI=1S/C9H12N3O3S/c1-9(2)3-5(13)7-6(4-9)16-8(10-7)11-12(14)15/h14H,3-4H2,1-2H3,(H,10,11)/q-1. The molecule has 1 aliphatic carbocycles. The highest BCUT2D eigenvalue weighted by Crippen LogP contribution is 2.38. The number of hydrogen-bond donors (Lipinski definition) is 2. The molecule has 1 aromatic rings. The Labute approximate surface area is 96.4 Å². The second-order valence-electron chi connectivity index (χ2n) is 4.62. The second-order valence-corrected chi connectivity index (χ2v) is 5.70. The minimum atomic E-state index is -0.417. The zero-order chi connectivity index (χ0) is 11.9. The Morgan fingerprint density at radius 2 is 2.25 bits per heavy atom. The molecule has 1 aliphatic rings. The molecule has 0 saturated heterocycles. The van der Waals surface area contributed by atoms with E-state index in [0.29, 0.717) is 12.1 Å². The van der Waals surface area contributed by atoms with Gasteiger partial charge in [-0.3, -0.25) is 10.2 Å². The van der Waals surface area contributed by atoms with Gasteiger partial charge in [0.15, 0.2) is 10.9 Å². The van der Waals surface area contributed by atoms with Crippen LogP contribution in [0.25, 0.3) is 0 Å². The number of ketones is 1. The third kappa shape index (κ3) is 2.22. The summed E-state index contributed by atoms with van der Waals surface area (Å²) < 4.78 is 0. The zero-order valence-electron chi connectivity index (χ0n) is 8.98. The van der Waals surface area contributed by atoms with Gasteiger partial charge in [0.1, 0.15) is 5.69 Å². The van der Waals surface area contributed by atoms with Gasteiger partial charge in [-0.15, -0.1) is 11.3 Å². The lowest BCUT2D eigenvalue weighted by atomic mass is 9.78. The maximum Gasteiger partial charge on any atom is 0.199 e. The van der Waals surface area contributed by atoms with E-state index in [-0.39, 0.29) is 16.3 Å². The van der Waals surface area contributed by atoms with E-state index in [4.69, 9.17) is 5.21 Å². The van der Waals surface area contributed by atoms with E-state index in [2.05, 4.69) is 10.4 Å². The lowest BCUT2D eigenvalue weighted by Gasteiger charge is -2.26. The summed E-state index contributed by atoms with van der Waals surface area (Å²) in [6.45, 7) is 4.04. The molecule has 0 saturated carbocycles. The number of nitrogens with zero attached hydrogens (tertiary/aromatic N) is 2. The van der Waals surface area contributed by atoms with E-state index in [1.807, 2.05) is 13.8 Å². The van der Waals surface area contributed by atoms with E-state index >= 15 is 0 Å². The topological polar surface area (TPSA) is 88.5 Å². The molecule has 6 nitrogen and oxygen atoms in total. The van der Waals surface area contributed by atoms with Gasteiger partial charge in [0, 0.05) is 11.3 Å². The highest BCUT2D eigenvalue weighted by Gasteiger charge is 2.33. The molecule has 0 unspecified atom stereocenters. The van der Waals surface area contributed by atoms with Crippen LogP contribution in [-0.2, 0) is 6.42 Å². The van der Waals surface area contributed by atoms with Gasteiger partial charge in [-0.05, 0) is 11.8 Å². The third-order valence-corrected chi connectivity index (χ3v) is 3.39. The number of aromatic nitrogens is 1. The summed E-state index contributed by atoms with van der Waals surface area (Å²) in [7, 11) is 0. The first-order valence-electron chi connectivity index (χ1n) is 4.83. The molecule has 0 amide bonds. The Bertz CT molecular complexity index is 428. The van der Waals surface area contributed by atoms with Gasteiger partial charge in [0.2, 0.25) is 0 Å². The van der Waals surface area contributed by atoms with Gasteiger partial charge < -0.3 is 10.4 Å². The van der Waals surface area contributed by atoms with Gasteiger partial charge in [0.05, 0.1) is 0 Å². The molecule has 1 aromatic heterocycles. The quantitative estimate of drug-likeness (QED) is 0.769. The Balaban J connectivity index is 2.30. The van der Waals surface area contributed by atoms with Crippen LogP contribution >= 0.6 is 11.3 Å². The van der Waals surface area contributed by atoms with Crippen molar-refractivity contribution in [1.29, 1.82) is 0 Å². The maximum atomic E-state index is 11.8. The summed E-state index contributed by atoms with van der Waals surface area (Å²) >= 11 is 1.22. The Morgan fingerprint density at radius 3 is 2.88 bits per heavy atom. The van der Waals surface area contributed by atoms with Crippen molar-refractivity contribution in [3.63, 3.8) is 0 Å². The summed E-state index contributed by atoms with van der Waals surface area (Å²) in [5, 5.41) is 18.7. The van der Waals surface area contributed by atoms with Crippen LogP contribution in [0.5, 0.6) is 0 Å². The van der Waals surface area contributed by atoms with Crippen molar-refractivity contribution in [2.75, 3.05) is 5.43 Å². The second kappa shape index (κ2) is 3.77. The molecule has 2 N–H and O–H groups in total. The number of fused-ring (bicyclic) bond motifs is 1. The SMILES string of the molecule is CC1(C)CC(=O)c2nc(NN([O-])O)sc2C1. The van der Waals surface area contributed by atoms with Crippen molar-refractivity contribution >= 4 is 22.3 Å². The molecule has 0 spiro atoms. The number of nitrogens with one attached hydrogen (secondary N) is 1. The van der Waals surface area contributed by atoms with Gasteiger partial charge in [-0.1, -0.05) is 13.8 Å². The predicted octanol–water partition coefficient (Wildman–Crippen LogP) is 1.81. The smallest absolute Gasteiger partial charge is 0.199 e. The van der Waals surface area contributed by atoms with Crippen LogP contribution in [0.4, 0.5) is 5.13 Å². The molecular weight excluding hydrogens is 230 g/mol. The van der Waals surface area contributed by atoms with E-state index in [9.17, 15) is 10.0 Å². The number of carbonyl (C=O) groups is 1. The monoisotopic (exact) mass is 242 g/mol. The molecular formula is C9H12N3O3S-. The molecule has 88 valence electrons. The summed E-state index contributed by atoms with van der Waals surface area (Å²) in [6.07, 6.45) is 1.22. The summed E-state index contributed by atoms with van der Waals surface area (Å²) in [5.74, 6) is -0.00839. The number of Topliss-reactive ketones (excluding diaryl/α,β-unsaturated/α-hetero) is 1. The van der Waals surface area contributed by atoms with Gasteiger partial charge >= 0.3 is 0 Å². The van der Waals surface area contributed by atoms with Crippen LogP contribution < -0.4 is 5.43 Å². The number of hydrazine groups is 1. The molecule has 2 rings (SSSR count). The molecule has 16 heavy (non-hydrogen) atoms. The van der Waals surface area contributed by atoms with Crippen molar-refractivity contribution in [3.8, 4) is 0 Å². The Kier molecular flexibility index (Phi) is 2.70. The fourth-order valence-electron chi connectivity index (χ4n) is 1.83. The fourth-order valence-corrected chi connectivity index (χ4v) is 3.05. The fraction of sp³-hybridized carbons (Fsp3) is 0.556. The molecule has 1 heterocycles. The van der Waals surface area contributed by atoms with Crippen LogP contribution in [0.2, 0.25) is 0 Å². The first-order chi connectivity index (χ1) is 7.37. The van der Waals surface area contributed by atoms with Crippen LogP contribution in [0.15, 0.2) is 0 Å². The molecule has 0 bridgehead atoms. The molecule has 7 heteroatoms. The van der Waals surface area contributed by atoms with Gasteiger partial charge in [-0.2, -0.15) is 5.34 Å². The first kappa shape index (κ1) is 11.5. The minimum Gasteiger partial charge on any atom is -0.744 e.